The topological polar surface area (TPSA) is 37.3 Å². The first kappa shape index (κ1) is 7.28. The zero-order chi connectivity index (χ0) is 6.08. The molecule has 0 fully saturated rings. The van der Waals surface area contributed by atoms with Crippen LogP contribution in [0.4, 0.5) is 0 Å². The second kappa shape index (κ2) is 2.03. The van der Waals surface area contributed by atoms with E-state index in [1.54, 1.807) is 0 Å². The Hall–Kier alpha value is 0.277. The molecule has 0 aliphatic heterocycles. The summed E-state index contributed by atoms with van der Waals surface area (Å²) in [6.45, 7) is 5.60. The van der Waals surface area contributed by atoms with E-state index >= 15 is 0 Å². The average Bonchev–Trinajstić information content (AvgIpc) is 1.31. The maximum atomic E-state index is 10.2. The van der Waals surface area contributed by atoms with Gasteiger partial charge in [0.05, 0.1) is 0 Å². The highest BCUT2D eigenvalue weighted by molar-refractivity contribution is 7.81. The van der Waals surface area contributed by atoms with Gasteiger partial charge < -0.3 is 0 Å². The molecular formula is C3H10O2PSi+. The minimum Gasteiger partial charge on any atom is -0.174 e. The summed E-state index contributed by atoms with van der Waals surface area (Å²) in [7, 11) is -3.52. The Morgan fingerprint density at radius 3 is 1.57 bits per heavy atom. The molecular weight excluding hydrogens is 127 g/mol. The standard InChI is InChI=1S/C3H9O2PSi/c1-7(2,3)6(4)5/h1-3H3/p+1. The third kappa shape index (κ3) is 2.91. The van der Waals surface area contributed by atoms with Crippen LogP contribution >= 0.6 is 7.58 Å². The van der Waals surface area contributed by atoms with Gasteiger partial charge in [-0.15, -0.1) is 0 Å². The molecule has 1 N–H and O–H groups in total. The lowest BCUT2D eigenvalue weighted by molar-refractivity contribution is 0.516. The predicted octanol–water partition coefficient (Wildman–Crippen LogP) is 1.56. The molecule has 0 aromatic carbocycles. The van der Waals surface area contributed by atoms with Gasteiger partial charge in [-0.05, 0) is 19.6 Å². The fraction of sp³-hybridized carbons (Fsp3) is 1.00. The molecule has 1 atom stereocenters. The molecule has 0 spiro atoms. The quantitative estimate of drug-likeness (QED) is 0.440. The monoisotopic (exact) mass is 137 g/mol. The van der Waals surface area contributed by atoms with Crippen LogP contribution < -0.4 is 0 Å². The molecule has 4 heteroatoms. The molecule has 0 radical (unpaired) electrons. The normalized spacial score (nSPS) is 14.0. The van der Waals surface area contributed by atoms with Crippen LogP contribution in [0.3, 0.4) is 0 Å². The van der Waals surface area contributed by atoms with Gasteiger partial charge in [-0.25, -0.2) is 0 Å². The van der Waals surface area contributed by atoms with E-state index < -0.39 is 15.3 Å². The summed E-state index contributed by atoms with van der Waals surface area (Å²) in [6, 6.07) is 0. The molecule has 42 valence electrons. The second-order valence-electron chi connectivity index (χ2n) is 2.44. The van der Waals surface area contributed by atoms with Gasteiger partial charge in [0.25, 0.3) is 0 Å². The van der Waals surface area contributed by atoms with Gasteiger partial charge in [-0.2, -0.15) is 4.89 Å². The van der Waals surface area contributed by atoms with Crippen LogP contribution in [0.15, 0.2) is 0 Å². The fourth-order valence-corrected chi connectivity index (χ4v) is 0. The predicted molar refractivity (Wildman–Crippen MR) is 33.2 cm³/mol. The molecule has 1 unspecified atom stereocenters. The first-order valence-corrected chi connectivity index (χ1v) is 7.66. The molecule has 0 aliphatic carbocycles. The lowest BCUT2D eigenvalue weighted by atomic mass is 11.8. The van der Waals surface area contributed by atoms with Crippen molar-refractivity contribution in [3.8, 4) is 0 Å². The van der Waals surface area contributed by atoms with Crippen molar-refractivity contribution in [3.63, 3.8) is 0 Å². The van der Waals surface area contributed by atoms with E-state index in [2.05, 4.69) is 0 Å². The molecule has 0 amide bonds. The first-order valence-electron chi connectivity index (χ1n) is 2.11. The Balaban J connectivity index is 3.79. The second-order valence-corrected chi connectivity index (χ2v) is 12.5. The van der Waals surface area contributed by atoms with Crippen molar-refractivity contribution in [1.82, 2.24) is 0 Å². The van der Waals surface area contributed by atoms with Crippen LogP contribution in [-0.4, -0.2) is 12.6 Å². The fourth-order valence-electron chi connectivity index (χ4n) is 0. The van der Waals surface area contributed by atoms with Crippen molar-refractivity contribution < 1.29 is 9.46 Å². The summed E-state index contributed by atoms with van der Waals surface area (Å²) in [4.78, 5) is 8.46. The number of hydrogen-bond acceptors (Lipinski definition) is 1. The molecule has 0 rings (SSSR count). The van der Waals surface area contributed by atoms with Gasteiger partial charge in [0.1, 0.15) is 0 Å². The van der Waals surface area contributed by atoms with Crippen molar-refractivity contribution in [2.75, 3.05) is 0 Å². The van der Waals surface area contributed by atoms with Crippen LogP contribution in [-0.2, 0) is 4.57 Å². The van der Waals surface area contributed by atoms with Crippen LogP contribution in [0.5, 0.6) is 0 Å². The van der Waals surface area contributed by atoms with E-state index in [-0.39, 0.29) is 0 Å². The maximum Gasteiger partial charge on any atom is 0.428 e. The molecule has 0 aromatic rings. The summed E-state index contributed by atoms with van der Waals surface area (Å²) in [5.41, 5.74) is 0. The molecule has 0 aliphatic rings. The first-order chi connectivity index (χ1) is 2.94. The summed E-state index contributed by atoms with van der Waals surface area (Å²) in [6.07, 6.45) is 0. The third-order valence-corrected chi connectivity index (χ3v) is 5.16. The van der Waals surface area contributed by atoms with Crippen molar-refractivity contribution in [1.29, 1.82) is 0 Å². The minimum atomic E-state index is -1.85. The Labute approximate surface area is 45.3 Å². The Kier molecular flexibility index (Phi) is 2.11. The Bertz CT molecular complexity index is 85.4. The number of hydrogen-bond donors (Lipinski definition) is 1. The van der Waals surface area contributed by atoms with Crippen molar-refractivity contribution >= 4 is 15.3 Å². The molecule has 0 saturated carbocycles. The molecule has 0 heterocycles. The zero-order valence-corrected chi connectivity index (χ0v) is 6.70. The summed E-state index contributed by atoms with van der Waals surface area (Å²) >= 11 is 0. The van der Waals surface area contributed by atoms with E-state index in [1.807, 2.05) is 19.6 Å². The van der Waals surface area contributed by atoms with E-state index in [4.69, 9.17) is 4.89 Å². The smallest absolute Gasteiger partial charge is 0.174 e. The van der Waals surface area contributed by atoms with Crippen LogP contribution in [0.1, 0.15) is 0 Å². The summed E-state index contributed by atoms with van der Waals surface area (Å²) in [5, 5.41) is 0. The molecule has 0 bridgehead atoms. The van der Waals surface area contributed by atoms with Gasteiger partial charge >= 0.3 is 15.3 Å². The molecule has 0 aromatic heterocycles. The molecule has 7 heavy (non-hydrogen) atoms. The van der Waals surface area contributed by atoms with E-state index in [0.29, 0.717) is 0 Å². The van der Waals surface area contributed by atoms with E-state index in [9.17, 15) is 4.57 Å². The number of rotatable bonds is 1. The van der Waals surface area contributed by atoms with Crippen molar-refractivity contribution in [2.24, 2.45) is 0 Å². The lowest BCUT2D eigenvalue weighted by Gasteiger charge is -1.90. The highest BCUT2D eigenvalue weighted by Gasteiger charge is 2.37. The SMILES string of the molecule is C[Si](C)(C)[P+](=O)O. The van der Waals surface area contributed by atoms with E-state index in [0.717, 1.165) is 0 Å². The lowest BCUT2D eigenvalue weighted by Crippen LogP contribution is -2.12. The maximum absolute atomic E-state index is 10.2. The Morgan fingerprint density at radius 1 is 1.43 bits per heavy atom. The highest BCUT2D eigenvalue weighted by atomic mass is 31.4. The van der Waals surface area contributed by atoms with Gasteiger partial charge in [0.2, 0.25) is 0 Å². The molecule has 0 saturated heterocycles. The largest absolute Gasteiger partial charge is 0.428 e. The van der Waals surface area contributed by atoms with Gasteiger partial charge in [-0.3, -0.25) is 0 Å². The van der Waals surface area contributed by atoms with Crippen LogP contribution in [0.25, 0.3) is 0 Å². The van der Waals surface area contributed by atoms with Gasteiger partial charge in [-0.1, -0.05) is 4.57 Å². The highest BCUT2D eigenvalue weighted by Crippen LogP contribution is 2.29. The third-order valence-electron chi connectivity index (χ3n) is 0.574. The van der Waals surface area contributed by atoms with Crippen LogP contribution in [0.2, 0.25) is 19.6 Å². The minimum absolute atomic E-state index is 1.67. The van der Waals surface area contributed by atoms with Crippen molar-refractivity contribution in [3.05, 3.63) is 0 Å². The van der Waals surface area contributed by atoms with E-state index in [1.165, 1.54) is 0 Å². The average molecular weight is 137 g/mol. The summed E-state index contributed by atoms with van der Waals surface area (Å²) < 4.78 is 10.2. The Morgan fingerprint density at radius 2 is 1.57 bits per heavy atom. The van der Waals surface area contributed by atoms with Crippen LogP contribution in [0, 0.1) is 0 Å². The van der Waals surface area contributed by atoms with Gasteiger partial charge in [0.15, 0.2) is 0 Å². The summed E-state index contributed by atoms with van der Waals surface area (Å²) in [5.74, 6) is 0. The zero-order valence-electron chi connectivity index (χ0n) is 4.80. The molecule has 2 nitrogen and oxygen atoms in total. The van der Waals surface area contributed by atoms with Gasteiger partial charge in [0, 0.05) is 0 Å². The van der Waals surface area contributed by atoms with Crippen molar-refractivity contribution in [2.45, 2.75) is 19.6 Å².